The van der Waals surface area contributed by atoms with Gasteiger partial charge in [-0.2, -0.15) is 5.26 Å². The fourth-order valence-corrected chi connectivity index (χ4v) is 5.79. The molecule has 0 saturated heterocycles. The Morgan fingerprint density at radius 3 is 2.83 bits per heavy atom. The molecule has 0 unspecified atom stereocenters. The number of nitrogens with one attached hydrogen (secondary N) is 1. The van der Waals surface area contributed by atoms with Crippen LogP contribution in [0.2, 0.25) is 0 Å². The molecule has 0 atom stereocenters. The monoisotopic (exact) mass is 437 g/mol. The van der Waals surface area contributed by atoms with Gasteiger partial charge in [-0.3, -0.25) is 4.79 Å². The normalized spacial score (nSPS) is 12.9. The third-order valence-corrected chi connectivity index (χ3v) is 7.36. The Bertz CT molecular complexity index is 1080. The lowest BCUT2D eigenvalue weighted by Gasteiger charge is -2.09. The molecule has 3 aromatic rings. The number of nitrogens with zero attached hydrogens (tertiary/aromatic N) is 4. The SMILES string of the molecule is CCn1c(Cc2ccccc2)nnc1SCC(=O)Nc1sc2c(c1C#N)CCCC2. The third-order valence-electron chi connectivity index (χ3n) is 5.18. The number of anilines is 1. The van der Waals surface area contributed by atoms with Crippen LogP contribution in [-0.4, -0.2) is 26.4 Å². The van der Waals surface area contributed by atoms with Gasteiger partial charge in [-0.15, -0.1) is 21.5 Å². The van der Waals surface area contributed by atoms with Crippen molar-refractivity contribution in [1.82, 2.24) is 14.8 Å². The second kappa shape index (κ2) is 9.45. The number of nitriles is 1. The second-order valence-corrected chi connectivity index (χ2v) is 9.22. The molecule has 2 aromatic heterocycles. The summed E-state index contributed by atoms with van der Waals surface area (Å²) in [7, 11) is 0. The van der Waals surface area contributed by atoms with Crippen molar-refractivity contribution in [3.05, 3.63) is 57.7 Å². The predicted molar refractivity (Wildman–Crippen MR) is 120 cm³/mol. The van der Waals surface area contributed by atoms with E-state index in [-0.39, 0.29) is 11.7 Å². The quantitative estimate of drug-likeness (QED) is 0.553. The van der Waals surface area contributed by atoms with Crippen molar-refractivity contribution in [3.63, 3.8) is 0 Å². The second-order valence-electron chi connectivity index (χ2n) is 7.17. The highest BCUT2D eigenvalue weighted by Gasteiger charge is 2.22. The van der Waals surface area contributed by atoms with E-state index >= 15 is 0 Å². The van der Waals surface area contributed by atoms with Gasteiger partial charge in [-0.05, 0) is 43.7 Å². The van der Waals surface area contributed by atoms with Gasteiger partial charge < -0.3 is 9.88 Å². The van der Waals surface area contributed by atoms with E-state index in [9.17, 15) is 10.1 Å². The Kier molecular flexibility index (Phi) is 6.50. The number of hydrogen-bond donors (Lipinski definition) is 1. The van der Waals surface area contributed by atoms with Crippen LogP contribution in [0.5, 0.6) is 0 Å². The molecule has 1 N–H and O–H groups in total. The Morgan fingerprint density at radius 2 is 2.07 bits per heavy atom. The maximum Gasteiger partial charge on any atom is 0.235 e. The highest BCUT2D eigenvalue weighted by atomic mass is 32.2. The van der Waals surface area contributed by atoms with Crippen LogP contribution in [-0.2, 0) is 30.6 Å². The summed E-state index contributed by atoms with van der Waals surface area (Å²) in [5, 5.41) is 22.6. The van der Waals surface area contributed by atoms with Gasteiger partial charge in [0.1, 0.15) is 16.9 Å². The Hall–Kier alpha value is -2.63. The van der Waals surface area contributed by atoms with Crippen LogP contribution in [0, 0.1) is 11.3 Å². The first-order valence-electron chi connectivity index (χ1n) is 10.1. The molecule has 2 heterocycles. The number of carbonyl (C=O) groups is 1. The molecule has 4 rings (SSSR count). The van der Waals surface area contributed by atoms with Gasteiger partial charge in [-0.1, -0.05) is 42.1 Å². The lowest BCUT2D eigenvalue weighted by atomic mass is 9.96. The summed E-state index contributed by atoms with van der Waals surface area (Å²) in [4.78, 5) is 13.8. The van der Waals surface area contributed by atoms with E-state index in [1.54, 1.807) is 11.3 Å². The number of amides is 1. The van der Waals surface area contributed by atoms with Crippen LogP contribution in [0.25, 0.3) is 0 Å². The van der Waals surface area contributed by atoms with Crippen molar-refractivity contribution in [2.24, 2.45) is 0 Å². The van der Waals surface area contributed by atoms with Gasteiger partial charge >= 0.3 is 0 Å². The molecule has 0 saturated carbocycles. The summed E-state index contributed by atoms with van der Waals surface area (Å²) < 4.78 is 2.05. The molecular weight excluding hydrogens is 414 g/mol. The maximum atomic E-state index is 12.6. The van der Waals surface area contributed by atoms with E-state index in [1.807, 2.05) is 18.2 Å². The lowest BCUT2D eigenvalue weighted by Crippen LogP contribution is -2.15. The van der Waals surface area contributed by atoms with Crippen molar-refractivity contribution in [2.45, 2.75) is 50.7 Å². The van der Waals surface area contributed by atoms with Crippen LogP contribution < -0.4 is 5.32 Å². The minimum absolute atomic E-state index is 0.120. The van der Waals surface area contributed by atoms with E-state index in [1.165, 1.54) is 22.2 Å². The molecule has 1 amide bonds. The third kappa shape index (κ3) is 4.42. The molecule has 0 aliphatic heterocycles. The van der Waals surface area contributed by atoms with Crippen LogP contribution in [0.15, 0.2) is 35.5 Å². The molecule has 6 nitrogen and oxygen atoms in total. The summed E-state index contributed by atoms with van der Waals surface area (Å²) in [6.07, 6.45) is 4.91. The molecule has 0 radical (unpaired) electrons. The smallest absolute Gasteiger partial charge is 0.235 e. The van der Waals surface area contributed by atoms with Gasteiger partial charge in [0, 0.05) is 17.8 Å². The summed E-state index contributed by atoms with van der Waals surface area (Å²) in [6, 6.07) is 12.5. The number of thioether (sulfide) groups is 1. The minimum atomic E-state index is -0.120. The van der Waals surface area contributed by atoms with Gasteiger partial charge in [0.15, 0.2) is 5.16 Å². The van der Waals surface area contributed by atoms with Crippen molar-refractivity contribution < 1.29 is 4.79 Å². The van der Waals surface area contributed by atoms with Gasteiger partial charge in [0.05, 0.1) is 11.3 Å². The van der Waals surface area contributed by atoms with E-state index in [2.05, 4.69) is 45.2 Å². The summed E-state index contributed by atoms with van der Waals surface area (Å²) in [5.74, 6) is 1.01. The van der Waals surface area contributed by atoms with Crippen molar-refractivity contribution in [2.75, 3.05) is 11.1 Å². The molecule has 154 valence electrons. The average Bonchev–Trinajstić information content (AvgIpc) is 3.32. The molecular formula is C22H23N5OS2. The van der Waals surface area contributed by atoms with Crippen LogP contribution >= 0.6 is 23.1 Å². The predicted octanol–water partition coefficient (Wildman–Crippen LogP) is 4.43. The fourth-order valence-electron chi connectivity index (χ4n) is 3.72. The Labute approximate surface area is 184 Å². The van der Waals surface area contributed by atoms with Gasteiger partial charge in [0.25, 0.3) is 0 Å². The molecule has 1 aliphatic carbocycles. The number of carbonyl (C=O) groups excluding carboxylic acids is 1. The van der Waals surface area contributed by atoms with Crippen molar-refractivity contribution in [1.29, 1.82) is 5.26 Å². The summed E-state index contributed by atoms with van der Waals surface area (Å²) >= 11 is 2.93. The minimum Gasteiger partial charge on any atom is -0.316 e. The van der Waals surface area contributed by atoms with Crippen LogP contribution in [0.3, 0.4) is 0 Å². The zero-order valence-electron chi connectivity index (χ0n) is 16.9. The average molecular weight is 438 g/mol. The Morgan fingerprint density at radius 1 is 1.27 bits per heavy atom. The first-order chi connectivity index (χ1) is 14.7. The molecule has 30 heavy (non-hydrogen) atoms. The first-order valence-corrected chi connectivity index (χ1v) is 11.9. The van der Waals surface area contributed by atoms with Crippen LogP contribution in [0.1, 0.15) is 47.2 Å². The number of fused-ring (bicyclic) bond motifs is 1. The first kappa shape index (κ1) is 20.6. The zero-order chi connectivity index (χ0) is 20.9. The number of thiophene rings is 1. The van der Waals surface area contributed by atoms with E-state index < -0.39 is 0 Å². The van der Waals surface area contributed by atoms with Gasteiger partial charge in [-0.25, -0.2) is 0 Å². The lowest BCUT2D eigenvalue weighted by molar-refractivity contribution is -0.113. The number of rotatable bonds is 7. The largest absolute Gasteiger partial charge is 0.316 e. The maximum absolute atomic E-state index is 12.6. The van der Waals surface area contributed by atoms with E-state index in [0.717, 1.165) is 48.8 Å². The van der Waals surface area contributed by atoms with Crippen LogP contribution in [0.4, 0.5) is 5.00 Å². The van der Waals surface area contributed by atoms with Crippen molar-refractivity contribution >= 4 is 34.0 Å². The van der Waals surface area contributed by atoms with E-state index in [0.29, 0.717) is 17.0 Å². The molecule has 1 aliphatic rings. The molecule has 0 bridgehead atoms. The van der Waals surface area contributed by atoms with Crippen molar-refractivity contribution in [3.8, 4) is 6.07 Å². The molecule has 0 fully saturated rings. The zero-order valence-corrected chi connectivity index (χ0v) is 18.5. The molecule has 8 heteroatoms. The standard InChI is InChI=1S/C22H23N5OS2/c1-2-27-19(12-15-8-4-3-5-9-15)25-26-22(27)29-14-20(28)24-21-17(13-23)16-10-6-7-11-18(16)30-21/h3-5,8-9H,2,6-7,10-12,14H2,1H3,(H,24,28). The highest BCUT2D eigenvalue weighted by Crippen LogP contribution is 2.37. The van der Waals surface area contributed by atoms with Gasteiger partial charge in [0.2, 0.25) is 5.91 Å². The number of benzene rings is 1. The number of hydrogen-bond acceptors (Lipinski definition) is 6. The molecule has 0 spiro atoms. The summed E-state index contributed by atoms with van der Waals surface area (Å²) in [6.45, 7) is 2.80. The number of aromatic nitrogens is 3. The topological polar surface area (TPSA) is 83.6 Å². The number of aryl methyl sites for hydroxylation is 1. The summed E-state index contributed by atoms with van der Waals surface area (Å²) in [5.41, 5.74) is 2.96. The highest BCUT2D eigenvalue weighted by molar-refractivity contribution is 7.99. The molecule has 1 aromatic carbocycles. The Balaban J connectivity index is 1.41. The fraction of sp³-hybridized carbons (Fsp3) is 0.364. The van der Waals surface area contributed by atoms with E-state index in [4.69, 9.17) is 0 Å².